The molecule has 84 valence electrons. The first kappa shape index (κ1) is 12.5. The van der Waals surface area contributed by atoms with E-state index in [1.807, 2.05) is 12.1 Å². The number of anilines is 1. The van der Waals surface area contributed by atoms with E-state index >= 15 is 0 Å². The van der Waals surface area contributed by atoms with Gasteiger partial charge in [-0.25, -0.2) is 0 Å². The predicted molar refractivity (Wildman–Crippen MR) is 71.8 cm³/mol. The molecule has 1 nitrogen and oxygen atoms in total. The molecule has 0 unspecified atom stereocenters. The Morgan fingerprint density at radius 2 is 1.53 bits per heavy atom. The molecule has 0 fully saturated rings. The van der Waals surface area contributed by atoms with Crippen LogP contribution in [0.4, 0.5) is 5.69 Å². The lowest BCUT2D eigenvalue weighted by molar-refractivity contribution is 1.04. The average molecular weight is 223 g/mol. The molecule has 0 aliphatic carbocycles. The van der Waals surface area contributed by atoms with Crippen molar-refractivity contribution in [3.8, 4) is 0 Å². The van der Waals surface area contributed by atoms with Gasteiger partial charge in [0.05, 0.1) is 0 Å². The van der Waals surface area contributed by atoms with Gasteiger partial charge in [0.25, 0.3) is 0 Å². The van der Waals surface area contributed by atoms with E-state index in [9.17, 15) is 0 Å². The van der Waals surface area contributed by atoms with Gasteiger partial charge < -0.3 is 5.73 Å². The third-order valence-corrected chi connectivity index (χ3v) is 5.44. The third-order valence-electron chi connectivity index (χ3n) is 2.47. The van der Waals surface area contributed by atoms with Crippen molar-refractivity contribution < 1.29 is 0 Å². The summed E-state index contributed by atoms with van der Waals surface area (Å²) < 4.78 is 0. The highest BCUT2D eigenvalue weighted by Gasteiger charge is 2.06. The van der Waals surface area contributed by atoms with Crippen molar-refractivity contribution in [1.29, 1.82) is 0 Å². The van der Waals surface area contributed by atoms with E-state index in [0.29, 0.717) is 0 Å². The van der Waals surface area contributed by atoms with E-state index in [1.165, 1.54) is 36.9 Å². The molecule has 0 radical (unpaired) electrons. The molecule has 1 aromatic carbocycles. The number of rotatable bonds is 6. The Labute approximate surface area is 94.8 Å². The summed E-state index contributed by atoms with van der Waals surface area (Å²) in [7, 11) is 0.212. The summed E-state index contributed by atoms with van der Waals surface area (Å²) in [5.74, 6) is 0. The van der Waals surface area contributed by atoms with Crippen LogP contribution in [0.1, 0.15) is 32.3 Å². The molecule has 1 aromatic rings. The molecular formula is C13H22NP. The lowest BCUT2D eigenvalue weighted by Gasteiger charge is -2.16. The fraction of sp³-hybridized carbons (Fsp3) is 0.538. The molecule has 0 bridgehead atoms. The van der Waals surface area contributed by atoms with Crippen LogP contribution in [-0.4, -0.2) is 12.3 Å². The lowest BCUT2D eigenvalue weighted by Crippen LogP contribution is -1.93. The zero-order valence-electron chi connectivity index (χ0n) is 9.87. The first-order chi connectivity index (χ1) is 7.26. The minimum atomic E-state index is 0.212. The molecule has 0 amide bonds. The molecular weight excluding hydrogens is 201 g/mol. The summed E-state index contributed by atoms with van der Waals surface area (Å²) in [4.78, 5) is 0. The minimum Gasteiger partial charge on any atom is -0.399 e. The number of nitrogen functional groups attached to an aromatic ring is 1. The number of nitrogens with two attached hydrogens (primary N) is 1. The van der Waals surface area contributed by atoms with Crippen LogP contribution < -0.4 is 5.73 Å². The van der Waals surface area contributed by atoms with Gasteiger partial charge in [-0.3, -0.25) is 0 Å². The number of benzene rings is 1. The Kier molecular flexibility index (Phi) is 5.71. The average Bonchev–Trinajstić information content (AvgIpc) is 2.22. The predicted octanol–water partition coefficient (Wildman–Crippen LogP) is 4.07. The molecule has 2 heteroatoms. The summed E-state index contributed by atoms with van der Waals surface area (Å²) in [5.41, 5.74) is 8.01. The van der Waals surface area contributed by atoms with Crippen molar-refractivity contribution >= 4 is 13.6 Å². The van der Waals surface area contributed by atoms with Crippen LogP contribution >= 0.6 is 7.92 Å². The number of hydrogen-bond acceptors (Lipinski definition) is 1. The third kappa shape index (κ3) is 4.66. The topological polar surface area (TPSA) is 26.0 Å². The van der Waals surface area contributed by atoms with Crippen molar-refractivity contribution in [3.05, 3.63) is 29.8 Å². The van der Waals surface area contributed by atoms with Gasteiger partial charge in [0.15, 0.2) is 0 Å². The van der Waals surface area contributed by atoms with Crippen LogP contribution in [0, 0.1) is 0 Å². The molecule has 0 aliphatic rings. The highest BCUT2D eigenvalue weighted by atomic mass is 31.1. The molecule has 1 rings (SSSR count). The first-order valence-corrected chi connectivity index (χ1v) is 7.72. The van der Waals surface area contributed by atoms with Crippen molar-refractivity contribution in [2.75, 3.05) is 18.1 Å². The van der Waals surface area contributed by atoms with Gasteiger partial charge in [0.1, 0.15) is 0 Å². The van der Waals surface area contributed by atoms with Crippen LogP contribution in [0.5, 0.6) is 0 Å². The van der Waals surface area contributed by atoms with Crippen molar-refractivity contribution in [2.45, 2.75) is 32.9 Å². The lowest BCUT2D eigenvalue weighted by atomic mass is 10.2. The SMILES string of the molecule is CCCP(CCC)Cc1ccc(N)cc1. The van der Waals surface area contributed by atoms with Gasteiger partial charge >= 0.3 is 0 Å². The Morgan fingerprint density at radius 1 is 1.00 bits per heavy atom. The highest BCUT2D eigenvalue weighted by Crippen LogP contribution is 2.40. The molecule has 0 atom stereocenters. The molecule has 0 saturated carbocycles. The first-order valence-electron chi connectivity index (χ1n) is 5.83. The van der Waals surface area contributed by atoms with Crippen LogP contribution in [0.3, 0.4) is 0 Å². The monoisotopic (exact) mass is 223 g/mol. The van der Waals surface area contributed by atoms with E-state index in [4.69, 9.17) is 5.73 Å². The summed E-state index contributed by atoms with van der Waals surface area (Å²) in [6.07, 6.45) is 6.74. The van der Waals surface area contributed by atoms with Crippen LogP contribution in [-0.2, 0) is 6.16 Å². The zero-order chi connectivity index (χ0) is 11.1. The Hall–Kier alpha value is -0.550. The molecule has 2 N–H and O–H groups in total. The van der Waals surface area contributed by atoms with Crippen molar-refractivity contribution in [2.24, 2.45) is 0 Å². The van der Waals surface area contributed by atoms with Gasteiger partial charge in [0.2, 0.25) is 0 Å². The maximum absolute atomic E-state index is 5.68. The summed E-state index contributed by atoms with van der Waals surface area (Å²) >= 11 is 0. The highest BCUT2D eigenvalue weighted by molar-refractivity contribution is 7.56. The molecule has 15 heavy (non-hydrogen) atoms. The van der Waals surface area contributed by atoms with E-state index in [-0.39, 0.29) is 7.92 Å². The summed E-state index contributed by atoms with van der Waals surface area (Å²) in [6.45, 7) is 4.57. The largest absolute Gasteiger partial charge is 0.399 e. The molecule has 0 spiro atoms. The van der Waals surface area contributed by atoms with E-state index in [2.05, 4.69) is 26.0 Å². The quantitative estimate of drug-likeness (QED) is 0.571. The van der Waals surface area contributed by atoms with Crippen LogP contribution in [0.2, 0.25) is 0 Å². The second-order valence-corrected chi connectivity index (χ2v) is 6.57. The van der Waals surface area contributed by atoms with Crippen LogP contribution in [0.15, 0.2) is 24.3 Å². The van der Waals surface area contributed by atoms with E-state index in [1.54, 1.807) is 0 Å². The van der Waals surface area contributed by atoms with Crippen LogP contribution in [0.25, 0.3) is 0 Å². The van der Waals surface area contributed by atoms with Crippen molar-refractivity contribution in [1.82, 2.24) is 0 Å². The maximum atomic E-state index is 5.68. The Bertz CT molecular complexity index is 262. The molecule has 0 saturated heterocycles. The fourth-order valence-electron chi connectivity index (χ4n) is 1.78. The Balaban J connectivity index is 2.53. The second kappa shape index (κ2) is 6.85. The second-order valence-electron chi connectivity index (χ2n) is 4.02. The minimum absolute atomic E-state index is 0.212. The number of hydrogen-bond donors (Lipinski definition) is 1. The molecule has 0 aromatic heterocycles. The van der Waals surface area contributed by atoms with Crippen molar-refractivity contribution in [3.63, 3.8) is 0 Å². The fourth-order valence-corrected chi connectivity index (χ4v) is 4.32. The van der Waals surface area contributed by atoms with Gasteiger partial charge in [-0.2, -0.15) is 0 Å². The normalized spacial score (nSPS) is 10.9. The van der Waals surface area contributed by atoms with Gasteiger partial charge in [-0.15, -0.1) is 7.92 Å². The molecule has 0 heterocycles. The van der Waals surface area contributed by atoms with Gasteiger partial charge in [0, 0.05) is 5.69 Å². The van der Waals surface area contributed by atoms with E-state index in [0.717, 1.165) is 5.69 Å². The van der Waals surface area contributed by atoms with E-state index < -0.39 is 0 Å². The standard InChI is InChI=1S/C13H22NP/c1-3-9-15(10-4-2)11-12-5-7-13(14)8-6-12/h5-8H,3-4,9-11,14H2,1-2H3. The Morgan fingerprint density at radius 3 is 2.00 bits per heavy atom. The maximum Gasteiger partial charge on any atom is 0.0314 e. The summed E-state index contributed by atoms with van der Waals surface area (Å²) in [5, 5.41) is 0. The zero-order valence-corrected chi connectivity index (χ0v) is 10.8. The van der Waals surface area contributed by atoms with Gasteiger partial charge in [-0.1, -0.05) is 38.8 Å². The molecule has 0 aliphatic heterocycles. The summed E-state index contributed by atoms with van der Waals surface area (Å²) in [6, 6.07) is 8.38. The van der Waals surface area contributed by atoms with Gasteiger partial charge in [-0.05, 0) is 36.2 Å². The smallest absolute Gasteiger partial charge is 0.0314 e.